The van der Waals surface area contributed by atoms with Gasteiger partial charge in [-0.15, -0.1) is 12.4 Å². The number of benzene rings is 1. The summed E-state index contributed by atoms with van der Waals surface area (Å²) < 4.78 is 18.4. The molecule has 1 aromatic carbocycles. The minimum Gasteiger partial charge on any atom is -0.444 e. The molecule has 1 saturated carbocycles. The van der Waals surface area contributed by atoms with Crippen LogP contribution < -0.4 is 5.32 Å². The molecule has 0 aromatic heterocycles. The standard InChI is InChI=1S/C15H21FN2O2.ClH/c1-18(2)15(19)20-14-6-4-3-5-13(14)17-12-9-7-11(16)8-10-12;/h7-10,13-14,17H,3-6H2,1-2H3;1H/t13-,14+;/m0./s1. The Labute approximate surface area is 131 Å². The summed E-state index contributed by atoms with van der Waals surface area (Å²) in [6.07, 6.45) is 3.52. The van der Waals surface area contributed by atoms with E-state index in [0.717, 1.165) is 31.4 Å². The molecule has 1 N–H and O–H groups in total. The molecule has 1 aromatic rings. The topological polar surface area (TPSA) is 41.6 Å². The molecule has 0 radical (unpaired) electrons. The van der Waals surface area contributed by atoms with Crippen molar-refractivity contribution in [3.8, 4) is 0 Å². The van der Waals surface area contributed by atoms with Gasteiger partial charge in [0.2, 0.25) is 0 Å². The Hall–Kier alpha value is -1.49. The molecule has 1 amide bonds. The number of anilines is 1. The maximum absolute atomic E-state index is 12.9. The third kappa shape index (κ3) is 5.08. The van der Waals surface area contributed by atoms with Gasteiger partial charge in [-0.25, -0.2) is 9.18 Å². The van der Waals surface area contributed by atoms with Crippen LogP contribution in [0.2, 0.25) is 0 Å². The van der Waals surface area contributed by atoms with Crippen molar-refractivity contribution in [3.05, 3.63) is 30.1 Å². The Bertz CT molecular complexity index is 453. The smallest absolute Gasteiger partial charge is 0.409 e. The van der Waals surface area contributed by atoms with Crippen LogP contribution in [0.5, 0.6) is 0 Å². The van der Waals surface area contributed by atoms with Crippen LogP contribution in [-0.2, 0) is 4.74 Å². The molecule has 21 heavy (non-hydrogen) atoms. The molecule has 1 fully saturated rings. The number of carbonyl (C=O) groups is 1. The zero-order valence-electron chi connectivity index (χ0n) is 12.3. The second-order valence-electron chi connectivity index (χ2n) is 5.36. The number of nitrogens with one attached hydrogen (secondary N) is 1. The summed E-state index contributed by atoms with van der Waals surface area (Å²) in [6.45, 7) is 0. The highest BCUT2D eigenvalue weighted by Crippen LogP contribution is 2.25. The van der Waals surface area contributed by atoms with E-state index in [1.165, 1.54) is 17.0 Å². The number of rotatable bonds is 3. The zero-order valence-corrected chi connectivity index (χ0v) is 13.2. The quantitative estimate of drug-likeness (QED) is 0.925. The predicted molar refractivity (Wildman–Crippen MR) is 83.5 cm³/mol. The van der Waals surface area contributed by atoms with Crippen molar-refractivity contribution in [3.63, 3.8) is 0 Å². The second kappa shape index (κ2) is 8.08. The highest BCUT2D eigenvalue weighted by molar-refractivity contribution is 5.85. The van der Waals surface area contributed by atoms with Crippen molar-refractivity contribution in [2.45, 2.75) is 37.8 Å². The first-order valence-corrected chi connectivity index (χ1v) is 6.96. The summed E-state index contributed by atoms with van der Waals surface area (Å²) in [5, 5.41) is 3.34. The maximum atomic E-state index is 12.9. The first kappa shape index (κ1) is 17.6. The maximum Gasteiger partial charge on any atom is 0.409 e. The number of hydrogen-bond donors (Lipinski definition) is 1. The number of hydrogen-bond acceptors (Lipinski definition) is 3. The van der Waals surface area contributed by atoms with Crippen LogP contribution in [0.1, 0.15) is 25.7 Å². The minimum atomic E-state index is -0.317. The lowest BCUT2D eigenvalue weighted by atomic mass is 9.92. The van der Waals surface area contributed by atoms with Gasteiger partial charge in [0.25, 0.3) is 0 Å². The van der Waals surface area contributed by atoms with Gasteiger partial charge in [0.05, 0.1) is 6.04 Å². The average Bonchev–Trinajstić information content (AvgIpc) is 2.43. The van der Waals surface area contributed by atoms with Crippen LogP contribution in [0.25, 0.3) is 0 Å². The van der Waals surface area contributed by atoms with Crippen molar-refractivity contribution >= 4 is 24.2 Å². The van der Waals surface area contributed by atoms with Crippen molar-refractivity contribution in [1.29, 1.82) is 0 Å². The normalized spacial score (nSPS) is 21.1. The molecule has 0 saturated heterocycles. The van der Waals surface area contributed by atoms with E-state index in [9.17, 15) is 9.18 Å². The molecule has 0 aliphatic heterocycles. The Morgan fingerprint density at radius 1 is 1.24 bits per heavy atom. The number of halogens is 2. The molecule has 2 rings (SSSR count). The summed E-state index contributed by atoms with van der Waals surface area (Å²) in [5.41, 5.74) is 0.851. The van der Waals surface area contributed by atoms with E-state index in [1.54, 1.807) is 26.2 Å². The Morgan fingerprint density at radius 3 is 2.48 bits per heavy atom. The van der Waals surface area contributed by atoms with Gasteiger partial charge >= 0.3 is 6.09 Å². The first-order chi connectivity index (χ1) is 9.56. The van der Waals surface area contributed by atoms with Gasteiger partial charge in [0.15, 0.2) is 0 Å². The molecule has 1 aliphatic rings. The van der Waals surface area contributed by atoms with Gasteiger partial charge in [-0.3, -0.25) is 0 Å². The van der Waals surface area contributed by atoms with Gasteiger partial charge in [-0.05, 0) is 43.5 Å². The lowest BCUT2D eigenvalue weighted by Gasteiger charge is -2.33. The van der Waals surface area contributed by atoms with Crippen LogP contribution in [-0.4, -0.2) is 37.2 Å². The molecular weight excluding hydrogens is 295 g/mol. The summed E-state index contributed by atoms with van der Waals surface area (Å²) in [5.74, 6) is -0.255. The number of nitrogens with zero attached hydrogens (tertiary/aromatic N) is 1. The highest BCUT2D eigenvalue weighted by atomic mass is 35.5. The van der Waals surface area contributed by atoms with Crippen LogP contribution in [0.4, 0.5) is 14.9 Å². The van der Waals surface area contributed by atoms with E-state index in [2.05, 4.69) is 5.32 Å². The SMILES string of the molecule is CN(C)C(=O)O[C@@H]1CCCC[C@@H]1Nc1ccc(F)cc1.Cl. The van der Waals surface area contributed by atoms with Crippen molar-refractivity contribution in [1.82, 2.24) is 4.90 Å². The molecule has 4 nitrogen and oxygen atoms in total. The fraction of sp³-hybridized carbons (Fsp3) is 0.533. The lowest BCUT2D eigenvalue weighted by molar-refractivity contribution is 0.0491. The zero-order chi connectivity index (χ0) is 14.5. The van der Waals surface area contributed by atoms with Gasteiger partial charge in [0.1, 0.15) is 11.9 Å². The van der Waals surface area contributed by atoms with Gasteiger partial charge in [0, 0.05) is 19.8 Å². The van der Waals surface area contributed by atoms with Gasteiger partial charge in [-0.1, -0.05) is 6.42 Å². The van der Waals surface area contributed by atoms with Crippen LogP contribution in [0, 0.1) is 5.82 Å². The highest BCUT2D eigenvalue weighted by Gasteiger charge is 2.28. The summed E-state index contributed by atoms with van der Waals surface area (Å²) in [7, 11) is 3.35. The first-order valence-electron chi connectivity index (χ1n) is 6.96. The molecule has 6 heteroatoms. The Balaban J connectivity index is 0.00000220. The molecule has 1 aliphatic carbocycles. The third-order valence-corrected chi connectivity index (χ3v) is 3.52. The molecule has 0 heterocycles. The van der Waals surface area contributed by atoms with Crippen LogP contribution in [0.15, 0.2) is 24.3 Å². The molecule has 0 spiro atoms. The van der Waals surface area contributed by atoms with Gasteiger partial charge in [-0.2, -0.15) is 0 Å². The number of carbonyl (C=O) groups excluding carboxylic acids is 1. The molecule has 0 unspecified atom stereocenters. The van der Waals surface area contributed by atoms with Crippen LogP contribution in [0.3, 0.4) is 0 Å². The van der Waals surface area contributed by atoms with Crippen LogP contribution >= 0.6 is 12.4 Å². The van der Waals surface area contributed by atoms with E-state index in [-0.39, 0.29) is 36.5 Å². The Kier molecular flexibility index (Phi) is 6.75. The number of amides is 1. The van der Waals surface area contributed by atoms with Crippen molar-refractivity contribution in [2.24, 2.45) is 0 Å². The second-order valence-corrected chi connectivity index (χ2v) is 5.36. The van der Waals surface area contributed by atoms with Crippen molar-refractivity contribution in [2.75, 3.05) is 19.4 Å². The summed E-state index contributed by atoms with van der Waals surface area (Å²) >= 11 is 0. The van der Waals surface area contributed by atoms with E-state index in [0.29, 0.717) is 0 Å². The summed E-state index contributed by atoms with van der Waals surface area (Å²) in [6, 6.07) is 6.33. The monoisotopic (exact) mass is 316 g/mol. The summed E-state index contributed by atoms with van der Waals surface area (Å²) in [4.78, 5) is 13.1. The molecule has 2 atom stereocenters. The van der Waals surface area contributed by atoms with Crippen molar-refractivity contribution < 1.29 is 13.9 Å². The average molecular weight is 317 g/mol. The fourth-order valence-electron chi connectivity index (χ4n) is 2.40. The minimum absolute atomic E-state index is 0. The third-order valence-electron chi connectivity index (χ3n) is 3.52. The van der Waals surface area contributed by atoms with E-state index in [4.69, 9.17) is 4.74 Å². The van der Waals surface area contributed by atoms with E-state index < -0.39 is 0 Å². The lowest BCUT2D eigenvalue weighted by Crippen LogP contribution is -2.41. The number of ether oxygens (including phenoxy) is 1. The van der Waals surface area contributed by atoms with Gasteiger partial charge < -0.3 is 15.0 Å². The largest absolute Gasteiger partial charge is 0.444 e. The Morgan fingerprint density at radius 2 is 1.86 bits per heavy atom. The van der Waals surface area contributed by atoms with E-state index in [1.807, 2.05) is 0 Å². The molecule has 0 bridgehead atoms. The molecular formula is C15H22ClFN2O2. The fourth-order valence-corrected chi connectivity index (χ4v) is 2.40. The molecule has 118 valence electrons. The predicted octanol–water partition coefficient (Wildman–Crippen LogP) is 3.67. The van der Waals surface area contributed by atoms with E-state index >= 15 is 0 Å².